The molecule has 4 rings (SSSR count). The topological polar surface area (TPSA) is 0 Å². The van der Waals surface area contributed by atoms with Crippen LogP contribution in [0.1, 0.15) is 50.3 Å². The van der Waals surface area contributed by atoms with Gasteiger partial charge in [-0.1, -0.05) is 94.4 Å². The molecule has 0 saturated carbocycles. The summed E-state index contributed by atoms with van der Waals surface area (Å²) in [6, 6.07) is 24.7. The van der Waals surface area contributed by atoms with Crippen LogP contribution in [0.5, 0.6) is 0 Å². The largest absolute Gasteiger partial charge is 0.0625 e. The molecular weight excluding hydrogens is 348 g/mol. The molecule has 0 aromatic heterocycles. The molecule has 2 atom stereocenters. The summed E-state index contributed by atoms with van der Waals surface area (Å²) in [7, 11) is 0. The van der Waals surface area contributed by atoms with Gasteiger partial charge in [-0.25, -0.2) is 0 Å². The van der Waals surface area contributed by atoms with Crippen molar-refractivity contribution >= 4 is 21.5 Å². The van der Waals surface area contributed by atoms with Crippen LogP contribution in [0.15, 0.2) is 66.7 Å². The number of aryl methyl sites for hydroxylation is 2. The van der Waals surface area contributed by atoms with Crippen LogP contribution in [0, 0.1) is 25.7 Å². The first-order chi connectivity index (χ1) is 13.9. The smallest absolute Gasteiger partial charge is 0.00589 e. The Morgan fingerprint density at radius 3 is 1.83 bits per heavy atom. The van der Waals surface area contributed by atoms with Gasteiger partial charge in [-0.2, -0.15) is 0 Å². The number of hydrogen-bond acceptors (Lipinski definition) is 0. The molecule has 0 fully saturated rings. The van der Waals surface area contributed by atoms with Crippen LogP contribution in [-0.4, -0.2) is 0 Å². The highest BCUT2D eigenvalue weighted by Crippen LogP contribution is 2.45. The van der Waals surface area contributed by atoms with Gasteiger partial charge < -0.3 is 0 Å². The molecule has 0 N–H and O–H groups in total. The number of rotatable bonds is 4. The van der Waals surface area contributed by atoms with Crippen molar-refractivity contribution in [3.8, 4) is 11.1 Å². The van der Waals surface area contributed by atoms with Gasteiger partial charge in [0.15, 0.2) is 0 Å². The van der Waals surface area contributed by atoms with Crippen molar-refractivity contribution in [3.05, 3.63) is 83.4 Å². The maximum Gasteiger partial charge on any atom is -0.00589 e. The molecule has 0 aliphatic heterocycles. The lowest BCUT2D eigenvalue weighted by Crippen LogP contribution is -2.15. The molecule has 0 heterocycles. The van der Waals surface area contributed by atoms with Crippen LogP contribution < -0.4 is 0 Å². The Kier molecular flexibility index (Phi) is 5.21. The Bertz CT molecular complexity index is 1180. The Balaban J connectivity index is 2.17. The fraction of sp³-hybridized carbons (Fsp3) is 0.310. The van der Waals surface area contributed by atoms with Crippen molar-refractivity contribution in [2.24, 2.45) is 11.8 Å². The van der Waals surface area contributed by atoms with E-state index in [1.807, 2.05) is 0 Å². The Morgan fingerprint density at radius 1 is 0.586 bits per heavy atom. The van der Waals surface area contributed by atoms with Gasteiger partial charge in [0.1, 0.15) is 0 Å². The zero-order valence-corrected chi connectivity index (χ0v) is 18.6. The van der Waals surface area contributed by atoms with Gasteiger partial charge in [-0.05, 0) is 81.0 Å². The van der Waals surface area contributed by atoms with Gasteiger partial charge in [-0.3, -0.25) is 0 Å². The molecule has 4 aromatic rings. The van der Waals surface area contributed by atoms with E-state index in [4.69, 9.17) is 0 Å². The van der Waals surface area contributed by atoms with Gasteiger partial charge in [0.05, 0.1) is 0 Å². The predicted octanol–water partition coefficient (Wildman–Crippen LogP) is 8.67. The Labute approximate surface area is 175 Å². The predicted molar refractivity (Wildman–Crippen MR) is 129 cm³/mol. The van der Waals surface area contributed by atoms with E-state index < -0.39 is 0 Å². The summed E-state index contributed by atoms with van der Waals surface area (Å²) in [4.78, 5) is 0. The molecule has 0 aliphatic rings. The van der Waals surface area contributed by atoms with Crippen LogP contribution >= 0.6 is 0 Å². The van der Waals surface area contributed by atoms with Crippen molar-refractivity contribution in [2.45, 2.75) is 47.5 Å². The van der Waals surface area contributed by atoms with Crippen molar-refractivity contribution in [2.75, 3.05) is 0 Å². The van der Waals surface area contributed by atoms with Crippen LogP contribution in [-0.2, 0) is 0 Å². The summed E-state index contributed by atoms with van der Waals surface area (Å²) in [5.74, 6) is 1.76. The van der Waals surface area contributed by atoms with Crippen LogP contribution in [0.4, 0.5) is 0 Å². The molecule has 0 nitrogen and oxygen atoms in total. The lowest BCUT2D eigenvalue weighted by molar-refractivity contribution is 0.362. The molecule has 0 heteroatoms. The first kappa shape index (κ1) is 19.7. The van der Waals surface area contributed by atoms with E-state index in [2.05, 4.69) is 108 Å². The van der Waals surface area contributed by atoms with Crippen molar-refractivity contribution in [3.63, 3.8) is 0 Å². The van der Waals surface area contributed by atoms with Crippen LogP contribution in [0.3, 0.4) is 0 Å². The van der Waals surface area contributed by atoms with Crippen LogP contribution in [0.2, 0.25) is 0 Å². The molecule has 0 radical (unpaired) electrons. The third kappa shape index (κ3) is 3.35. The molecule has 0 saturated heterocycles. The SMILES string of the molecule is Cc1cc2ccccc2c(-c2c(C)ccc3ccccc23)c1C(C)C(C)C(C)C. The first-order valence-corrected chi connectivity index (χ1v) is 10.9. The highest BCUT2D eigenvalue weighted by atomic mass is 14.3. The number of fused-ring (bicyclic) bond motifs is 2. The summed E-state index contributed by atoms with van der Waals surface area (Å²) in [6.45, 7) is 14.1. The summed E-state index contributed by atoms with van der Waals surface area (Å²) in [5.41, 5.74) is 7.12. The maximum absolute atomic E-state index is 2.42. The van der Waals surface area contributed by atoms with Gasteiger partial charge >= 0.3 is 0 Å². The number of hydrogen-bond donors (Lipinski definition) is 0. The zero-order valence-electron chi connectivity index (χ0n) is 18.6. The maximum atomic E-state index is 2.42. The fourth-order valence-electron chi connectivity index (χ4n) is 4.91. The molecular formula is C29H32. The molecule has 0 amide bonds. The highest BCUT2D eigenvalue weighted by Gasteiger charge is 2.25. The molecule has 0 aliphatic carbocycles. The van der Waals surface area contributed by atoms with E-state index in [1.165, 1.54) is 49.4 Å². The van der Waals surface area contributed by atoms with Gasteiger partial charge in [0.25, 0.3) is 0 Å². The lowest BCUT2D eigenvalue weighted by atomic mass is 9.75. The third-order valence-corrected chi connectivity index (χ3v) is 6.98. The standard InChI is InChI=1S/C29H32/c1-18(2)21(5)22(6)27-20(4)17-24-12-8-10-14-26(24)29(27)28-19(3)15-16-23-11-7-9-13-25(23)28/h7-18,21-22H,1-6H3. The van der Waals surface area contributed by atoms with E-state index in [-0.39, 0.29) is 0 Å². The Hall–Kier alpha value is -2.60. The van der Waals surface area contributed by atoms with Crippen molar-refractivity contribution in [1.82, 2.24) is 0 Å². The molecule has 2 unspecified atom stereocenters. The summed E-state index contributed by atoms with van der Waals surface area (Å²) in [5, 5.41) is 5.37. The normalized spacial score (nSPS) is 13.9. The average molecular weight is 381 g/mol. The number of benzene rings is 4. The minimum atomic E-state index is 0.493. The lowest BCUT2D eigenvalue weighted by Gasteiger charge is -2.29. The first-order valence-electron chi connectivity index (χ1n) is 10.9. The fourth-order valence-corrected chi connectivity index (χ4v) is 4.91. The average Bonchev–Trinajstić information content (AvgIpc) is 2.72. The Morgan fingerprint density at radius 2 is 1.17 bits per heavy atom. The van der Waals surface area contributed by atoms with E-state index in [0.717, 1.165) is 0 Å². The molecule has 0 bridgehead atoms. The second-order valence-electron chi connectivity index (χ2n) is 9.07. The second kappa shape index (κ2) is 7.67. The minimum absolute atomic E-state index is 0.493. The van der Waals surface area contributed by atoms with E-state index >= 15 is 0 Å². The molecule has 4 aromatic carbocycles. The molecule has 148 valence electrons. The van der Waals surface area contributed by atoms with E-state index in [0.29, 0.717) is 17.8 Å². The molecule has 0 spiro atoms. The zero-order chi connectivity index (χ0) is 20.7. The van der Waals surface area contributed by atoms with Crippen LogP contribution in [0.25, 0.3) is 32.7 Å². The summed E-state index contributed by atoms with van der Waals surface area (Å²) < 4.78 is 0. The minimum Gasteiger partial charge on any atom is -0.0625 e. The summed E-state index contributed by atoms with van der Waals surface area (Å²) in [6.07, 6.45) is 0. The quantitative estimate of drug-likeness (QED) is 0.332. The second-order valence-corrected chi connectivity index (χ2v) is 9.07. The highest BCUT2D eigenvalue weighted by molar-refractivity contribution is 6.08. The van der Waals surface area contributed by atoms with Crippen molar-refractivity contribution in [1.29, 1.82) is 0 Å². The van der Waals surface area contributed by atoms with E-state index in [9.17, 15) is 0 Å². The van der Waals surface area contributed by atoms with Gasteiger partial charge in [0, 0.05) is 0 Å². The molecule has 29 heavy (non-hydrogen) atoms. The van der Waals surface area contributed by atoms with Gasteiger partial charge in [-0.15, -0.1) is 0 Å². The van der Waals surface area contributed by atoms with Gasteiger partial charge in [0.2, 0.25) is 0 Å². The monoisotopic (exact) mass is 380 g/mol. The third-order valence-electron chi connectivity index (χ3n) is 6.98. The van der Waals surface area contributed by atoms with Crippen molar-refractivity contribution < 1.29 is 0 Å². The summed E-state index contributed by atoms with van der Waals surface area (Å²) >= 11 is 0. The van der Waals surface area contributed by atoms with E-state index in [1.54, 1.807) is 0 Å².